The molecule has 0 spiro atoms. The fourth-order valence-corrected chi connectivity index (χ4v) is 6.00. The molecule has 4 unspecified atom stereocenters. The summed E-state index contributed by atoms with van der Waals surface area (Å²) in [5, 5.41) is -0.404. The lowest BCUT2D eigenvalue weighted by atomic mass is 9.80. The zero-order valence-corrected chi connectivity index (χ0v) is 13.4. The van der Waals surface area contributed by atoms with Gasteiger partial charge < -0.3 is 5.73 Å². The average molecular weight is 295 g/mol. The molecule has 1 aliphatic carbocycles. The molecule has 1 aromatic rings. The van der Waals surface area contributed by atoms with Crippen molar-refractivity contribution in [3.63, 3.8) is 0 Å². The quantitative estimate of drug-likeness (QED) is 0.932. The van der Waals surface area contributed by atoms with Gasteiger partial charge in [0.2, 0.25) is 0 Å². The third-order valence-corrected chi connectivity index (χ3v) is 6.82. The Morgan fingerprint density at radius 1 is 1.20 bits per heavy atom. The summed E-state index contributed by atoms with van der Waals surface area (Å²) in [5.74, 6) is 0.768. The van der Waals surface area contributed by atoms with Crippen LogP contribution in [0.15, 0.2) is 24.3 Å². The van der Waals surface area contributed by atoms with Crippen LogP contribution < -0.4 is 5.73 Å². The van der Waals surface area contributed by atoms with Crippen molar-refractivity contribution in [2.45, 2.75) is 50.7 Å². The Kier molecular flexibility index (Phi) is 4.55. The summed E-state index contributed by atoms with van der Waals surface area (Å²) in [4.78, 5) is 0. The van der Waals surface area contributed by atoms with Gasteiger partial charge >= 0.3 is 0 Å². The van der Waals surface area contributed by atoms with Gasteiger partial charge in [0.1, 0.15) is 0 Å². The highest BCUT2D eigenvalue weighted by molar-refractivity contribution is 7.91. The monoisotopic (exact) mass is 295 g/mol. The van der Waals surface area contributed by atoms with Crippen LogP contribution in [0.2, 0.25) is 0 Å². The van der Waals surface area contributed by atoms with Gasteiger partial charge in [-0.3, -0.25) is 0 Å². The molecule has 2 N–H and O–H groups in total. The van der Waals surface area contributed by atoms with Crippen LogP contribution in [-0.2, 0) is 15.6 Å². The highest BCUT2D eigenvalue weighted by Crippen LogP contribution is 2.33. The molecular formula is C16H25NO2S. The van der Waals surface area contributed by atoms with E-state index in [-0.39, 0.29) is 17.7 Å². The number of rotatable bonds is 3. The summed E-state index contributed by atoms with van der Waals surface area (Å²) in [6, 6.07) is 7.44. The average Bonchev–Trinajstić information content (AvgIpc) is 2.30. The highest BCUT2D eigenvalue weighted by Gasteiger charge is 2.40. The minimum atomic E-state index is -3.21. The summed E-state index contributed by atoms with van der Waals surface area (Å²) in [6.07, 6.45) is 1.76. The molecule has 1 fully saturated rings. The summed E-state index contributed by atoms with van der Waals surface area (Å²) in [7, 11) is -3.21. The molecule has 4 heteroatoms. The molecule has 4 atom stereocenters. The van der Waals surface area contributed by atoms with Gasteiger partial charge in [-0.25, -0.2) is 8.42 Å². The van der Waals surface area contributed by atoms with Gasteiger partial charge in [-0.1, -0.05) is 38.1 Å². The molecule has 0 heterocycles. The fraction of sp³-hybridized carbons (Fsp3) is 0.625. The molecular weight excluding hydrogens is 270 g/mol. The number of nitrogens with two attached hydrogens (primary N) is 1. The third kappa shape index (κ3) is 3.23. The molecule has 1 aliphatic rings. The lowest BCUT2D eigenvalue weighted by molar-refractivity contribution is 0.271. The van der Waals surface area contributed by atoms with Gasteiger partial charge in [-0.2, -0.15) is 0 Å². The molecule has 3 nitrogen and oxygen atoms in total. The van der Waals surface area contributed by atoms with E-state index in [2.05, 4.69) is 6.92 Å². The van der Waals surface area contributed by atoms with E-state index in [1.54, 1.807) is 0 Å². The summed E-state index contributed by atoms with van der Waals surface area (Å²) in [6.45, 7) is 6.13. The molecule has 0 aromatic heterocycles. The predicted molar refractivity (Wildman–Crippen MR) is 83.1 cm³/mol. The van der Waals surface area contributed by atoms with Crippen molar-refractivity contribution in [2.24, 2.45) is 17.6 Å². The van der Waals surface area contributed by atoms with Crippen LogP contribution >= 0.6 is 0 Å². The van der Waals surface area contributed by atoms with Crippen molar-refractivity contribution in [1.29, 1.82) is 0 Å². The summed E-state index contributed by atoms with van der Waals surface area (Å²) >= 11 is 0. The summed E-state index contributed by atoms with van der Waals surface area (Å²) < 4.78 is 25.5. The van der Waals surface area contributed by atoms with Crippen molar-refractivity contribution in [1.82, 2.24) is 0 Å². The van der Waals surface area contributed by atoms with E-state index in [1.807, 2.05) is 38.1 Å². The van der Waals surface area contributed by atoms with Crippen LogP contribution in [-0.4, -0.2) is 19.7 Å². The minimum Gasteiger partial charge on any atom is -0.327 e. The standard InChI is InChI=1S/C16H25NO2S/c1-11-8-13(3)16(15(17)9-11)20(18,19)10-14-7-5-4-6-12(14)2/h4-7,11,13,15-16H,8-10,17H2,1-3H3. The van der Waals surface area contributed by atoms with Crippen molar-refractivity contribution in [3.05, 3.63) is 35.4 Å². The Morgan fingerprint density at radius 2 is 1.85 bits per heavy atom. The normalized spacial score (nSPS) is 31.2. The molecule has 0 aliphatic heterocycles. The second kappa shape index (κ2) is 5.86. The van der Waals surface area contributed by atoms with Crippen molar-refractivity contribution >= 4 is 9.84 Å². The first-order valence-electron chi connectivity index (χ1n) is 7.33. The zero-order chi connectivity index (χ0) is 14.9. The molecule has 0 amide bonds. The maximum atomic E-state index is 12.8. The first-order valence-corrected chi connectivity index (χ1v) is 9.04. The molecule has 0 bridgehead atoms. The smallest absolute Gasteiger partial charge is 0.159 e. The number of aryl methyl sites for hydroxylation is 1. The molecule has 112 valence electrons. The lowest BCUT2D eigenvalue weighted by Crippen LogP contribution is -2.49. The van der Waals surface area contributed by atoms with E-state index in [9.17, 15) is 8.42 Å². The van der Waals surface area contributed by atoms with E-state index in [4.69, 9.17) is 5.73 Å². The first kappa shape index (κ1) is 15.5. The van der Waals surface area contributed by atoms with Crippen molar-refractivity contribution in [3.8, 4) is 0 Å². The van der Waals surface area contributed by atoms with Crippen LogP contribution in [0, 0.1) is 18.8 Å². The lowest BCUT2D eigenvalue weighted by Gasteiger charge is -2.37. The van der Waals surface area contributed by atoms with Gasteiger partial charge in [0.05, 0.1) is 11.0 Å². The highest BCUT2D eigenvalue weighted by atomic mass is 32.2. The molecule has 0 radical (unpaired) electrons. The van der Waals surface area contributed by atoms with Gasteiger partial charge in [-0.05, 0) is 42.7 Å². The van der Waals surface area contributed by atoms with Gasteiger partial charge in [0.15, 0.2) is 9.84 Å². The van der Waals surface area contributed by atoms with Crippen LogP contribution in [0.1, 0.15) is 37.8 Å². The molecule has 1 saturated carbocycles. The van der Waals surface area contributed by atoms with Crippen LogP contribution in [0.3, 0.4) is 0 Å². The topological polar surface area (TPSA) is 60.2 Å². The van der Waals surface area contributed by atoms with E-state index in [0.29, 0.717) is 5.92 Å². The first-order chi connectivity index (χ1) is 9.31. The maximum absolute atomic E-state index is 12.8. The van der Waals surface area contributed by atoms with Crippen molar-refractivity contribution < 1.29 is 8.42 Å². The Hall–Kier alpha value is -0.870. The molecule has 20 heavy (non-hydrogen) atoms. The van der Waals surface area contributed by atoms with E-state index >= 15 is 0 Å². The summed E-state index contributed by atoms with van der Waals surface area (Å²) in [5.41, 5.74) is 8.08. The fourth-order valence-electron chi connectivity index (χ4n) is 3.59. The molecule has 2 rings (SSSR count). The van der Waals surface area contributed by atoms with E-state index in [1.165, 1.54) is 0 Å². The number of sulfone groups is 1. The Labute approximate surface area is 122 Å². The Bertz CT molecular complexity index is 556. The number of benzene rings is 1. The molecule has 0 saturated heterocycles. The second-order valence-corrected chi connectivity index (χ2v) is 8.57. The van der Waals surface area contributed by atoms with Gasteiger partial charge in [-0.15, -0.1) is 0 Å². The van der Waals surface area contributed by atoms with Crippen molar-refractivity contribution in [2.75, 3.05) is 0 Å². The van der Waals surface area contributed by atoms with Gasteiger partial charge in [0, 0.05) is 6.04 Å². The number of hydrogen-bond donors (Lipinski definition) is 1. The SMILES string of the molecule is Cc1ccccc1CS(=O)(=O)C1C(C)CC(C)CC1N. The van der Waals surface area contributed by atoms with E-state index in [0.717, 1.165) is 24.0 Å². The van der Waals surface area contributed by atoms with Gasteiger partial charge in [0.25, 0.3) is 0 Å². The Morgan fingerprint density at radius 3 is 2.45 bits per heavy atom. The van der Waals surface area contributed by atoms with Crippen LogP contribution in [0.25, 0.3) is 0 Å². The number of hydrogen-bond acceptors (Lipinski definition) is 3. The van der Waals surface area contributed by atoms with E-state index < -0.39 is 15.1 Å². The third-order valence-electron chi connectivity index (χ3n) is 4.46. The largest absolute Gasteiger partial charge is 0.327 e. The zero-order valence-electron chi connectivity index (χ0n) is 12.5. The second-order valence-electron chi connectivity index (χ2n) is 6.42. The van der Waals surface area contributed by atoms with Crippen LogP contribution in [0.5, 0.6) is 0 Å². The van der Waals surface area contributed by atoms with Crippen LogP contribution in [0.4, 0.5) is 0 Å². The Balaban J connectivity index is 2.24. The molecule has 1 aromatic carbocycles. The predicted octanol–water partition coefficient (Wildman–Crippen LogP) is 2.67. The minimum absolute atomic E-state index is 0.108. The maximum Gasteiger partial charge on any atom is 0.159 e.